The molecule has 0 fully saturated rings. The fraction of sp³-hybridized carbons (Fsp3) is 0.538. The molecule has 0 aliphatic heterocycles. The van der Waals surface area contributed by atoms with E-state index in [9.17, 15) is 5.11 Å². The van der Waals surface area contributed by atoms with Gasteiger partial charge in [0.05, 0.1) is 13.2 Å². The number of hydrogen-bond acceptors (Lipinski definition) is 3. The number of aliphatic hydroxyl groups is 1. The van der Waals surface area contributed by atoms with Crippen molar-refractivity contribution in [3.05, 3.63) is 28.3 Å². The standard InChI is InChI=1S/C13H20O2S/c1-8-6-12(15-4)9(2)10(3)13(8)11(14)7-16-5/h6,11,14H,7H2,1-5H3. The first kappa shape index (κ1) is 13.4. The molecule has 0 radical (unpaired) electrons. The van der Waals surface area contributed by atoms with E-state index in [0.717, 1.165) is 33.8 Å². The van der Waals surface area contributed by atoms with Crippen LogP contribution in [0.2, 0.25) is 0 Å². The average molecular weight is 240 g/mol. The van der Waals surface area contributed by atoms with Crippen molar-refractivity contribution >= 4 is 11.8 Å². The molecule has 0 aliphatic carbocycles. The predicted octanol–water partition coefficient (Wildman–Crippen LogP) is 3.02. The van der Waals surface area contributed by atoms with E-state index in [4.69, 9.17) is 4.74 Å². The van der Waals surface area contributed by atoms with Crippen molar-refractivity contribution in [2.45, 2.75) is 26.9 Å². The van der Waals surface area contributed by atoms with Crippen molar-refractivity contribution < 1.29 is 9.84 Å². The van der Waals surface area contributed by atoms with Crippen LogP contribution in [0.1, 0.15) is 28.4 Å². The Bertz CT molecular complexity index is 375. The van der Waals surface area contributed by atoms with Gasteiger partial charge in [0, 0.05) is 5.75 Å². The zero-order valence-electron chi connectivity index (χ0n) is 10.6. The molecule has 1 rings (SSSR count). The van der Waals surface area contributed by atoms with Crippen LogP contribution in [-0.2, 0) is 0 Å². The van der Waals surface area contributed by atoms with Gasteiger partial charge in [-0.2, -0.15) is 11.8 Å². The zero-order chi connectivity index (χ0) is 12.3. The van der Waals surface area contributed by atoms with E-state index < -0.39 is 0 Å². The second-order valence-corrected chi connectivity index (χ2v) is 4.94. The Balaban J connectivity index is 3.24. The number of aryl methyl sites for hydroxylation is 1. The smallest absolute Gasteiger partial charge is 0.122 e. The third-order valence-electron chi connectivity index (χ3n) is 2.99. The molecule has 0 heterocycles. The summed E-state index contributed by atoms with van der Waals surface area (Å²) in [7, 11) is 1.68. The summed E-state index contributed by atoms with van der Waals surface area (Å²) in [6.45, 7) is 6.10. The molecule has 1 N–H and O–H groups in total. The van der Waals surface area contributed by atoms with E-state index in [1.165, 1.54) is 0 Å². The zero-order valence-corrected chi connectivity index (χ0v) is 11.4. The van der Waals surface area contributed by atoms with Gasteiger partial charge in [-0.3, -0.25) is 0 Å². The first-order valence-electron chi connectivity index (χ1n) is 5.34. The number of ether oxygens (including phenoxy) is 1. The van der Waals surface area contributed by atoms with Gasteiger partial charge < -0.3 is 9.84 Å². The van der Waals surface area contributed by atoms with Gasteiger partial charge in [-0.05, 0) is 55.3 Å². The Hall–Kier alpha value is -0.670. The molecule has 1 aromatic rings. The van der Waals surface area contributed by atoms with Crippen molar-refractivity contribution in [1.29, 1.82) is 0 Å². The van der Waals surface area contributed by atoms with Gasteiger partial charge in [0.25, 0.3) is 0 Å². The first-order valence-corrected chi connectivity index (χ1v) is 6.74. The predicted molar refractivity (Wildman–Crippen MR) is 70.5 cm³/mol. The highest BCUT2D eigenvalue weighted by atomic mass is 32.2. The van der Waals surface area contributed by atoms with Crippen molar-refractivity contribution in [2.75, 3.05) is 19.1 Å². The molecule has 0 spiro atoms. The highest BCUT2D eigenvalue weighted by Gasteiger charge is 2.16. The monoisotopic (exact) mass is 240 g/mol. The SMILES string of the molecule is COc1cc(C)c(C(O)CSC)c(C)c1C. The van der Waals surface area contributed by atoms with E-state index in [1.54, 1.807) is 18.9 Å². The second-order valence-electron chi connectivity index (χ2n) is 4.03. The maximum atomic E-state index is 10.1. The molecular weight excluding hydrogens is 220 g/mol. The van der Waals surface area contributed by atoms with Crippen molar-refractivity contribution in [1.82, 2.24) is 0 Å². The third-order valence-corrected chi connectivity index (χ3v) is 3.64. The van der Waals surface area contributed by atoms with Crippen molar-refractivity contribution in [3.63, 3.8) is 0 Å². The van der Waals surface area contributed by atoms with Crippen LogP contribution >= 0.6 is 11.8 Å². The summed E-state index contributed by atoms with van der Waals surface area (Å²) in [4.78, 5) is 0. The van der Waals surface area contributed by atoms with Gasteiger partial charge in [-0.15, -0.1) is 0 Å². The first-order chi connectivity index (χ1) is 7.52. The molecule has 2 nitrogen and oxygen atoms in total. The number of rotatable bonds is 4. The number of thioether (sulfide) groups is 1. The molecule has 1 atom stereocenters. The van der Waals surface area contributed by atoms with Crippen LogP contribution in [0.5, 0.6) is 5.75 Å². The summed E-state index contributed by atoms with van der Waals surface area (Å²) >= 11 is 1.66. The normalized spacial score (nSPS) is 12.6. The molecule has 0 saturated carbocycles. The summed E-state index contributed by atoms with van der Waals surface area (Å²) < 4.78 is 5.31. The van der Waals surface area contributed by atoms with Gasteiger partial charge >= 0.3 is 0 Å². The van der Waals surface area contributed by atoms with Crippen LogP contribution in [0.15, 0.2) is 6.07 Å². The van der Waals surface area contributed by atoms with Crippen molar-refractivity contribution in [2.24, 2.45) is 0 Å². The molecular formula is C13H20O2S. The maximum absolute atomic E-state index is 10.1. The van der Waals surface area contributed by atoms with Crippen LogP contribution in [0.25, 0.3) is 0 Å². The quantitative estimate of drug-likeness (QED) is 0.877. The minimum atomic E-state index is -0.389. The van der Waals surface area contributed by atoms with Gasteiger partial charge in [-0.25, -0.2) is 0 Å². The Morgan fingerprint density at radius 3 is 2.44 bits per heavy atom. The molecule has 1 aromatic carbocycles. The number of hydrogen-bond donors (Lipinski definition) is 1. The molecule has 0 saturated heterocycles. The Kier molecular flexibility index (Phi) is 4.69. The minimum absolute atomic E-state index is 0.389. The maximum Gasteiger partial charge on any atom is 0.122 e. The van der Waals surface area contributed by atoms with Crippen LogP contribution in [-0.4, -0.2) is 24.2 Å². The van der Waals surface area contributed by atoms with Crippen LogP contribution in [0.3, 0.4) is 0 Å². The van der Waals surface area contributed by atoms with Crippen LogP contribution < -0.4 is 4.74 Å². The van der Waals surface area contributed by atoms with Gasteiger partial charge in [0.15, 0.2) is 0 Å². The van der Waals surface area contributed by atoms with E-state index in [2.05, 4.69) is 0 Å². The highest BCUT2D eigenvalue weighted by Crippen LogP contribution is 2.32. The lowest BCUT2D eigenvalue weighted by molar-refractivity contribution is 0.202. The molecule has 1 unspecified atom stereocenters. The number of aliphatic hydroxyl groups excluding tert-OH is 1. The molecule has 90 valence electrons. The fourth-order valence-corrected chi connectivity index (χ4v) is 2.51. The molecule has 3 heteroatoms. The molecule has 16 heavy (non-hydrogen) atoms. The summed E-state index contributed by atoms with van der Waals surface area (Å²) in [6.07, 6.45) is 1.61. The fourth-order valence-electron chi connectivity index (χ4n) is 2.03. The van der Waals surface area contributed by atoms with Gasteiger partial charge in [0.1, 0.15) is 5.75 Å². The lowest BCUT2D eigenvalue weighted by Gasteiger charge is -2.19. The van der Waals surface area contributed by atoms with E-state index in [0.29, 0.717) is 0 Å². The lowest BCUT2D eigenvalue weighted by atomic mass is 9.94. The Morgan fingerprint density at radius 2 is 1.94 bits per heavy atom. The Morgan fingerprint density at radius 1 is 1.31 bits per heavy atom. The summed E-state index contributed by atoms with van der Waals surface area (Å²) in [5.41, 5.74) is 4.40. The van der Waals surface area contributed by atoms with E-state index in [1.807, 2.05) is 33.1 Å². The molecule has 0 amide bonds. The molecule has 0 aliphatic rings. The van der Waals surface area contributed by atoms with Gasteiger partial charge in [-0.1, -0.05) is 0 Å². The topological polar surface area (TPSA) is 29.5 Å². The Labute approximate surface area is 102 Å². The summed E-state index contributed by atoms with van der Waals surface area (Å²) in [6, 6.07) is 2.00. The molecule has 0 aromatic heterocycles. The van der Waals surface area contributed by atoms with E-state index >= 15 is 0 Å². The molecule has 0 bridgehead atoms. The summed E-state index contributed by atoms with van der Waals surface area (Å²) in [5, 5.41) is 10.1. The third kappa shape index (κ3) is 2.53. The summed E-state index contributed by atoms with van der Waals surface area (Å²) in [5.74, 6) is 1.63. The van der Waals surface area contributed by atoms with Crippen LogP contribution in [0, 0.1) is 20.8 Å². The second kappa shape index (κ2) is 5.60. The largest absolute Gasteiger partial charge is 0.496 e. The lowest BCUT2D eigenvalue weighted by Crippen LogP contribution is -2.07. The highest BCUT2D eigenvalue weighted by molar-refractivity contribution is 7.98. The minimum Gasteiger partial charge on any atom is -0.496 e. The number of methoxy groups -OCH3 is 1. The average Bonchev–Trinajstić information content (AvgIpc) is 2.24. The van der Waals surface area contributed by atoms with E-state index in [-0.39, 0.29) is 6.10 Å². The van der Waals surface area contributed by atoms with Crippen LogP contribution in [0.4, 0.5) is 0 Å². The van der Waals surface area contributed by atoms with Gasteiger partial charge in [0.2, 0.25) is 0 Å². The number of benzene rings is 1. The van der Waals surface area contributed by atoms with Crippen molar-refractivity contribution in [3.8, 4) is 5.75 Å².